The average molecular weight is 353 g/mol. The Balaban J connectivity index is 2.00. The van der Waals surface area contributed by atoms with Crippen LogP contribution < -0.4 is 20.1 Å². The summed E-state index contributed by atoms with van der Waals surface area (Å²) in [7, 11) is 1.68. The molecule has 0 heterocycles. The molecule has 2 rings (SSSR count). The van der Waals surface area contributed by atoms with E-state index in [0.717, 1.165) is 19.3 Å². The van der Waals surface area contributed by atoms with Gasteiger partial charge in [0.25, 0.3) is 0 Å². The van der Waals surface area contributed by atoms with E-state index >= 15 is 0 Å². The van der Waals surface area contributed by atoms with Crippen LogP contribution in [0.4, 0.5) is 8.78 Å². The van der Waals surface area contributed by atoms with Crippen molar-refractivity contribution in [2.24, 2.45) is 4.99 Å². The number of aliphatic imine (C=N–C) groups is 1. The van der Waals surface area contributed by atoms with Crippen LogP contribution in [0.2, 0.25) is 0 Å². The molecule has 1 aliphatic rings. The fraction of sp³-hybridized carbons (Fsp3) is 0.500. The highest BCUT2D eigenvalue weighted by atomic mass is 19.3. The lowest BCUT2D eigenvalue weighted by atomic mass is 10.2. The summed E-state index contributed by atoms with van der Waals surface area (Å²) in [4.78, 5) is 4.17. The molecule has 25 heavy (non-hydrogen) atoms. The van der Waals surface area contributed by atoms with Crippen molar-refractivity contribution in [3.05, 3.63) is 35.9 Å². The van der Waals surface area contributed by atoms with Crippen LogP contribution in [-0.4, -0.2) is 32.3 Å². The van der Waals surface area contributed by atoms with E-state index < -0.39 is 6.61 Å². The largest absolute Gasteiger partial charge is 0.493 e. The monoisotopic (exact) mass is 353 g/mol. The third kappa shape index (κ3) is 6.25. The highest BCUT2D eigenvalue weighted by molar-refractivity contribution is 5.80. The van der Waals surface area contributed by atoms with Gasteiger partial charge in [-0.25, -0.2) is 0 Å². The molecule has 1 aromatic rings. The zero-order chi connectivity index (χ0) is 18.1. The van der Waals surface area contributed by atoms with Gasteiger partial charge in [0, 0.05) is 31.3 Å². The lowest BCUT2D eigenvalue weighted by Crippen LogP contribution is -2.42. The molecule has 7 heteroatoms. The minimum absolute atomic E-state index is 0.106. The summed E-state index contributed by atoms with van der Waals surface area (Å²) in [5, 5.41) is 6.43. The molecule has 0 amide bonds. The van der Waals surface area contributed by atoms with Gasteiger partial charge in [-0.05, 0) is 31.4 Å². The SMILES string of the molecule is CCCOc1ccc(CNC(=NC)NC2CC=CC2)c(OC(F)F)c1. The van der Waals surface area contributed by atoms with Crippen LogP contribution in [-0.2, 0) is 6.54 Å². The van der Waals surface area contributed by atoms with E-state index in [1.165, 1.54) is 6.07 Å². The molecule has 0 radical (unpaired) electrons. The zero-order valence-electron chi connectivity index (χ0n) is 14.6. The molecule has 138 valence electrons. The van der Waals surface area contributed by atoms with E-state index in [2.05, 4.69) is 32.5 Å². The second kappa shape index (κ2) is 9.86. The number of nitrogens with zero attached hydrogens (tertiary/aromatic N) is 1. The van der Waals surface area contributed by atoms with E-state index in [-0.39, 0.29) is 5.75 Å². The van der Waals surface area contributed by atoms with Gasteiger partial charge in [-0.15, -0.1) is 0 Å². The van der Waals surface area contributed by atoms with Crippen molar-refractivity contribution in [2.75, 3.05) is 13.7 Å². The Bertz CT molecular complexity index is 598. The maximum atomic E-state index is 12.7. The van der Waals surface area contributed by atoms with Crippen LogP contribution in [0.1, 0.15) is 31.7 Å². The molecule has 0 saturated carbocycles. The van der Waals surface area contributed by atoms with Crippen LogP contribution in [0.3, 0.4) is 0 Å². The van der Waals surface area contributed by atoms with Crippen molar-refractivity contribution in [3.8, 4) is 11.5 Å². The Kier molecular flexibility index (Phi) is 7.50. The van der Waals surface area contributed by atoms with E-state index in [1.54, 1.807) is 19.2 Å². The topological polar surface area (TPSA) is 54.9 Å². The van der Waals surface area contributed by atoms with Crippen molar-refractivity contribution in [1.82, 2.24) is 10.6 Å². The summed E-state index contributed by atoms with van der Waals surface area (Å²) >= 11 is 0. The van der Waals surface area contributed by atoms with Gasteiger partial charge in [-0.2, -0.15) is 8.78 Å². The molecule has 0 fully saturated rings. The predicted octanol–water partition coefficient (Wildman–Crippen LogP) is 3.46. The summed E-state index contributed by atoms with van der Waals surface area (Å²) in [6.07, 6.45) is 6.98. The van der Waals surface area contributed by atoms with Gasteiger partial charge in [-0.3, -0.25) is 4.99 Å². The number of rotatable bonds is 8. The molecule has 1 aliphatic carbocycles. The number of ether oxygens (including phenoxy) is 2. The van der Waals surface area contributed by atoms with Gasteiger partial charge in [0.05, 0.1) is 6.61 Å². The standard InChI is InChI=1S/C18H25F2N3O2/c1-3-10-24-15-9-8-13(16(11-15)25-17(19)20)12-22-18(21-2)23-14-6-4-5-7-14/h4-5,8-9,11,14,17H,3,6-7,10,12H2,1-2H3,(H2,21,22,23). The summed E-state index contributed by atoms with van der Waals surface area (Å²) in [5.74, 6) is 1.25. The van der Waals surface area contributed by atoms with Crippen molar-refractivity contribution >= 4 is 5.96 Å². The minimum Gasteiger partial charge on any atom is -0.493 e. The normalized spacial score (nSPS) is 14.8. The van der Waals surface area contributed by atoms with Gasteiger partial charge < -0.3 is 20.1 Å². The summed E-state index contributed by atoms with van der Waals surface area (Å²) in [5.41, 5.74) is 0.608. The molecule has 0 aromatic heterocycles. The van der Waals surface area contributed by atoms with Crippen LogP contribution in [0.5, 0.6) is 11.5 Å². The second-order valence-electron chi connectivity index (χ2n) is 5.71. The first-order valence-corrected chi connectivity index (χ1v) is 8.45. The molecule has 2 N–H and O–H groups in total. The van der Waals surface area contributed by atoms with E-state index in [9.17, 15) is 8.78 Å². The smallest absolute Gasteiger partial charge is 0.387 e. The highest BCUT2D eigenvalue weighted by Crippen LogP contribution is 2.26. The first-order chi connectivity index (χ1) is 12.1. The van der Waals surface area contributed by atoms with Crippen molar-refractivity contribution in [2.45, 2.75) is 45.4 Å². The summed E-state index contributed by atoms with van der Waals surface area (Å²) in [6.45, 7) is -0.0665. The predicted molar refractivity (Wildman–Crippen MR) is 94.4 cm³/mol. The second-order valence-corrected chi connectivity index (χ2v) is 5.71. The molecular weight excluding hydrogens is 328 g/mol. The Labute approximate surface area is 147 Å². The maximum Gasteiger partial charge on any atom is 0.387 e. The lowest BCUT2D eigenvalue weighted by Gasteiger charge is -2.18. The molecule has 5 nitrogen and oxygen atoms in total. The lowest BCUT2D eigenvalue weighted by molar-refractivity contribution is -0.0505. The average Bonchev–Trinajstić information content (AvgIpc) is 3.10. The fourth-order valence-corrected chi connectivity index (χ4v) is 2.50. The highest BCUT2D eigenvalue weighted by Gasteiger charge is 2.14. The molecular formula is C18H25F2N3O2. The Morgan fingerprint density at radius 2 is 2.08 bits per heavy atom. The van der Waals surface area contributed by atoms with Crippen molar-refractivity contribution < 1.29 is 18.3 Å². The molecule has 0 unspecified atom stereocenters. The molecule has 0 saturated heterocycles. The Morgan fingerprint density at radius 3 is 2.72 bits per heavy atom. The maximum absolute atomic E-state index is 12.7. The number of benzene rings is 1. The van der Waals surface area contributed by atoms with Gasteiger partial charge in [-0.1, -0.05) is 19.1 Å². The van der Waals surface area contributed by atoms with Gasteiger partial charge in [0.2, 0.25) is 0 Å². The number of hydrogen-bond donors (Lipinski definition) is 2. The van der Waals surface area contributed by atoms with Gasteiger partial charge in [0.1, 0.15) is 11.5 Å². The van der Waals surface area contributed by atoms with Gasteiger partial charge in [0.15, 0.2) is 5.96 Å². The first-order valence-electron chi connectivity index (χ1n) is 8.45. The zero-order valence-corrected chi connectivity index (χ0v) is 14.6. The van der Waals surface area contributed by atoms with Crippen LogP contribution >= 0.6 is 0 Å². The molecule has 0 spiro atoms. The number of guanidine groups is 1. The summed E-state index contributed by atoms with van der Waals surface area (Å²) < 4.78 is 35.5. The quantitative estimate of drug-likeness (QED) is 0.427. The van der Waals surface area contributed by atoms with E-state index in [1.807, 2.05) is 6.92 Å². The van der Waals surface area contributed by atoms with Crippen LogP contribution in [0, 0.1) is 0 Å². The third-order valence-electron chi connectivity index (χ3n) is 3.75. The molecule has 0 bridgehead atoms. The van der Waals surface area contributed by atoms with E-state index in [4.69, 9.17) is 4.74 Å². The number of alkyl halides is 2. The minimum atomic E-state index is -2.89. The molecule has 1 aromatic carbocycles. The first kappa shape index (κ1) is 19.0. The molecule has 0 aliphatic heterocycles. The fourth-order valence-electron chi connectivity index (χ4n) is 2.50. The number of nitrogens with one attached hydrogen (secondary N) is 2. The molecule has 0 atom stereocenters. The third-order valence-corrected chi connectivity index (χ3v) is 3.75. The van der Waals surface area contributed by atoms with Crippen molar-refractivity contribution in [1.29, 1.82) is 0 Å². The Morgan fingerprint density at radius 1 is 1.32 bits per heavy atom. The number of halogens is 2. The van der Waals surface area contributed by atoms with Crippen LogP contribution in [0.25, 0.3) is 0 Å². The number of hydrogen-bond acceptors (Lipinski definition) is 3. The van der Waals surface area contributed by atoms with E-state index in [0.29, 0.717) is 36.5 Å². The summed E-state index contributed by atoms with van der Waals surface area (Å²) in [6, 6.07) is 5.28. The van der Waals surface area contributed by atoms with Crippen LogP contribution in [0.15, 0.2) is 35.3 Å². The van der Waals surface area contributed by atoms with Gasteiger partial charge >= 0.3 is 6.61 Å². The van der Waals surface area contributed by atoms with Crippen molar-refractivity contribution in [3.63, 3.8) is 0 Å². The Hall–Kier alpha value is -2.31.